The van der Waals surface area contributed by atoms with Crippen molar-refractivity contribution in [2.24, 2.45) is 0 Å². The molecule has 0 fully saturated rings. The molecule has 0 atom stereocenters. The van der Waals surface area contributed by atoms with Gasteiger partial charge in [-0.05, 0) is 25.5 Å². The Bertz CT molecular complexity index is 551. The van der Waals surface area contributed by atoms with Gasteiger partial charge in [-0.1, -0.05) is 19.1 Å². The van der Waals surface area contributed by atoms with Crippen LogP contribution in [0.5, 0.6) is 0 Å². The highest BCUT2D eigenvalue weighted by molar-refractivity contribution is 5.73. The second-order valence-corrected chi connectivity index (χ2v) is 4.23. The molecule has 2 aromatic rings. The van der Waals surface area contributed by atoms with Gasteiger partial charge in [0.2, 0.25) is 6.33 Å². The summed E-state index contributed by atoms with van der Waals surface area (Å²) in [5, 5.41) is 0. The van der Waals surface area contributed by atoms with E-state index in [1.165, 1.54) is 0 Å². The zero-order valence-electron chi connectivity index (χ0n) is 11.3. The first kappa shape index (κ1) is 15.5. The largest absolute Gasteiger partial charge is 1.00 e. The fourth-order valence-corrected chi connectivity index (χ4v) is 2.13. The molecule has 4 nitrogen and oxygen atoms in total. The number of fused-ring (bicyclic) bond motifs is 1. The van der Waals surface area contributed by atoms with E-state index in [0.29, 0.717) is 6.61 Å². The molecule has 0 aliphatic rings. The lowest BCUT2D eigenvalue weighted by atomic mass is 10.3. The number of aryl methyl sites for hydroxylation is 1. The van der Waals surface area contributed by atoms with E-state index < -0.39 is 0 Å². The van der Waals surface area contributed by atoms with Gasteiger partial charge in [0.15, 0.2) is 17.6 Å². The van der Waals surface area contributed by atoms with Crippen molar-refractivity contribution < 1.29 is 26.5 Å². The summed E-state index contributed by atoms with van der Waals surface area (Å²) in [5.41, 5.74) is 2.22. The molecular weight excluding hydrogens is 264 g/mol. The molecule has 0 amide bonds. The quantitative estimate of drug-likeness (QED) is 0.516. The summed E-state index contributed by atoms with van der Waals surface area (Å²) in [7, 11) is 0. The Labute approximate surface area is 119 Å². The molecule has 0 unspecified atom stereocenters. The predicted octanol–water partition coefficient (Wildman–Crippen LogP) is -1.09. The molecular formula is C14H19ClN2O2. The van der Waals surface area contributed by atoms with E-state index in [1.807, 2.05) is 36.0 Å². The van der Waals surface area contributed by atoms with Crippen molar-refractivity contribution in [3.8, 4) is 0 Å². The molecule has 2 rings (SSSR count). The van der Waals surface area contributed by atoms with Crippen LogP contribution in [0.25, 0.3) is 11.0 Å². The third kappa shape index (κ3) is 3.47. The SMILES string of the molecule is CCCn1c[n+](CC(=O)OCC)c2ccccc21.[Cl-]. The van der Waals surface area contributed by atoms with Crippen LogP contribution in [-0.4, -0.2) is 17.1 Å². The Kier molecular flexibility index (Phi) is 5.83. The monoisotopic (exact) mass is 282 g/mol. The van der Waals surface area contributed by atoms with Crippen LogP contribution in [0.1, 0.15) is 20.3 Å². The average Bonchev–Trinajstić information content (AvgIpc) is 2.69. The predicted molar refractivity (Wildman–Crippen MR) is 69.1 cm³/mol. The van der Waals surface area contributed by atoms with E-state index in [-0.39, 0.29) is 24.9 Å². The first-order valence-corrected chi connectivity index (χ1v) is 6.39. The van der Waals surface area contributed by atoms with Crippen molar-refractivity contribution in [1.82, 2.24) is 4.57 Å². The first-order valence-electron chi connectivity index (χ1n) is 6.39. The molecule has 0 spiro atoms. The highest BCUT2D eigenvalue weighted by atomic mass is 35.5. The highest BCUT2D eigenvalue weighted by Gasteiger charge is 2.17. The van der Waals surface area contributed by atoms with Crippen LogP contribution >= 0.6 is 0 Å². The molecule has 104 valence electrons. The van der Waals surface area contributed by atoms with Gasteiger partial charge in [-0.2, -0.15) is 0 Å². The Morgan fingerprint density at radius 2 is 2.05 bits per heavy atom. The van der Waals surface area contributed by atoms with Crippen molar-refractivity contribution in [3.05, 3.63) is 30.6 Å². The third-order valence-corrected chi connectivity index (χ3v) is 2.85. The van der Waals surface area contributed by atoms with Gasteiger partial charge in [0.05, 0.1) is 13.2 Å². The summed E-state index contributed by atoms with van der Waals surface area (Å²) in [6.45, 7) is 5.61. The molecule has 0 saturated carbocycles. The minimum Gasteiger partial charge on any atom is -1.00 e. The van der Waals surface area contributed by atoms with E-state index in [0.717, 1.165) is 24.0 Å². The van der Waals surface area contributed by atoms with E-state index in [1.54, 1.807) is 0 Å². The molecule has 0 aliphatic heterocycles. The topological polar surface area (TPSA) is 35.1 Å². The second kappa shape index (κ2) is 7.14. The second-order valence-electron chi connectivity index (χ2n) is 4.23. The number of esters is 1. The van der Waals surface area contributed by atoms with Crippen LogP contribution in [0.15, 0.2) is 30.6 Å². The van der Waals surface area contributed by atoms with Crippen molar-refractivity contribution in [2.75, 3.05) is 6.61 Å². The maximum Gasteiger partial charge on any atom is 0.348 e. The number of halogens is 1. The number of hydrogen-bond donors (Lipinski definition) is 0. The summed E-state index contributed by atoms with van der Waals surface area (Å²) >= 11 is 0. The molecule has 5 heteroatoms. The zero-order chi connectivity index (χ0) is 13.0. The van der Waals surface area contributed by atoms with Crippen LogP contribution in [0.2, 0.25) is 0 Å². The zero-order valence-corrected chi connectivity index (χ0v) is 12.1. The van der Waals surface area contributed by atoms with E-state index in [4.69, 9.17) is 4.74 Å². The van der Waals surface area contributed by atoms with Crippen LogP contribution in [0, 0.1) is 0 Å². The van der Waals surface area contributed by atoms with Gasteiger partial charge in [-0.3, -0.25) is 0 Å². The Morgan fingerprint density at radius 3 is 2.74 bits per heavy atom. The van der Waals surface area contributed by atoms with E-state index in [9.17, 15) is 4.79 Å². The molecule has 19 heavy (non-hydrogen) atoms. The van der Waals surface area contributed by atoms with Gasteiger partial charge in [0.25, 0.3) is 0 Å². The Balaban J connectivity index is 0.00000180. The number of ether oxygens (including phenoxy) is 1. The molecule has 1 heterocycles. The van der Waals surface area contributed by atoms with Crippen LogP contribution in [-0.2, 0) is 22.6 Å². The number of benzene rings is 1. The number of imidazole rings is 1. The number of carbonyl (C=O) groups excluding carboxylic acids is 1. The lowest BCUT2D eigenvalue weighted by Gasteiger charge is -1.98. The molecule has 1 aromatic carbocycles. The lowest BCUT2D eigenvalue weighted by molar-refractivity contribution is -0.661. The Morgan fingerprint density at radius 1 is 1.32 bits per heavy atom. The highest BCUT2D eigenvalue weighted by Crippen LogP contribution is 2.11. The molecule has 0 saturated heterocycles. The minimum atomic E-state index is -0.193. The molecule has 0 radical (unpaired) electrons. The Hall–Kier alpha value is -1.55. The number of hydrogen-bond acceptors (Lipinski definition) is 2. The summed E-state index contributed by atoms with van der Waals surface area (Å²) < 4.78 is 9.12. The van der Waals surface area contributed by atoms with Gasteiger partial charge >= 0.3 is 5.97 Å². The molecule has 0 aliphatic carbocycles. The van der Waals surface area contributed by atoms with Gasteiger partial charge in [-0.25, -0.2) is 13.9 Å². The average molecular weight is 283 g/mol. The van der Waals surface area contributed by atoms with Crippen molar-refractivity contribution >= 4 is 17.0 Å². The van der Waals surface area contributed by atoms with Crippen LogP contribution < -0.4 is 17.0 Å². The molecule has 0 bridgehead atoms. The standard InChI is InChI=1S/C14H19N2O2.ClH/c1-3-9-15-11-16(10-14(17)18-4-2)13-8-6-5-7-12(13)15;/h5-8,11H,3-4,9-10H2,1-2H3;1H/q+1;/p-1. The summed E-state index contributed by atoms with van der Waals surface area (Å²) in [6, 6.07) is 8.11. The number of para-hydroxylation sites is 2. The molecule has 1 aromatic heterocycles. The van der Waals surface area contributed by atoms with E-state index >= 15 is 0 Å². The van der Waals surface area contributed by atoms with Gasteiger partial charge in [0, 0.05) is 0 Å². The van der Waals surface area contributed by atoms with Crippen molar-refractivity contribution in [3.63, 3.8) is 0 Å². The van der Waals surface area contributed by atoms with E-state index in [2.05, 4.69) is 17.6 Å². The summed E-state index contributed by atoms with van der Waals surface area (Å²) in [5.74, 6) is -0.193. The van der Waals surface area contributed by atoms with Crippen molar-refractivity contribution in [2.45, 2.75) is 33.4 Å². The number of carbonyl (C=O) groups is 1. The fraction of sp³-hybridized carbons (Fsp3) is 0.429. The van der Waals surface area contributed by atoms with Crippen molar-refractivity contribution in [1.29, 1.82) is 0 Å². The lowest BCUT2D eigenvalue weighted by Crippen LogP contribution is -3.00. The number of aromatic nitrogens is 2. The maximum absolute atomic E-state index is 11.6. The number of rotatable bonds is 5. The summed E-state index contributed by atoms with van der Waals surface area (Å²) in [6.07, 6.45) is 3.06. The summed E-state index contributed by atoms with van der Waals surface area (Å²) in [4.78, 5) is 11.6. The van der Waals surface area contributed by atoms with Gasteiger partial charge in [0.1, 0.15) is 0 Å². The van der Waals surface area contributed by atoms with Gasteiger partial charge in [-0.15, -0.1) is 0 Å². The third-order valence-electron chi connectivity index (χ3n) is 2.85. The minimum absolute atomic E-state index is 0. The van der Waals surface area contributed by atoms with Crippen LogP contribution in [0.3, 0.4) is 0 Å². The maximum atomic E-state index is 11.6. The van der Waals surface area contributed by atoms with Crippen LogP contribution in [0.4, 0.5) is 0 Å². The number of nitrogens with zero attached hydrogens (tertiary/aromatic N) is 2. The molecule has 0 N–H and O–H groups in total. The smallest absolute Gasteiger partial charge is 0.348 e. The van der Waals surface area contributed by atoms with Gasteiger partial charge < -0.3 is 17.1 Å². The first-order chi connectivity index (χ1) is 8.76. The fourth-order valence-electron chi connectivity index (χ4n) is 2.13. The normalized spacial score (nSPS) is 10.2.